The minimum atomic E-state index is -0.724. The second-order valence-corrected chi connectivity index (χ2v) is 3.67. The summed E-state index contributed by atoms with van der Waals surface area (Å²) in [6.45, 7) is 2.33. The third kappa shape index (κ3) is 2.74. The van der Waals surface area contributed by atoms with Gasteiger partial charge in [0.2, 0.25) is 0 Å². The summed E-state index contributed by atoms with van der Waals surface area (Å²) in [7, 11) is 0. The molecule has 1 heterocycles. The normalized spacial score (nSPS) is 10.2. The average molecular weight is 249 g/mol. The number of anilines is 3. The molecule has 0 fully saturated rings. The molecule has 0 radical (unpaired) electrons. The Kier molecular flexibility index (Phi) is 3.72. The number of benzene rings is 1. The second-order valence-electron chi connectivity index (χ2n) is 3.67. The quantitative estimate of drug-likeness (QED) is 0.870. The molecular formula is C13H13F2N3. The fourth-order valence-corrected chi connectivity index (χ4v) is 1.50. The van der Waals surface area contributed by atoms with E-state index < -0.39 is 11.6 Å². The maximum absolute atomic E-state index is 13.6. The van der Waals surface area contributed by atoms with Crippen molar-refractivity contribution in [3.63, 3.8) is 0 Å². The van der Waals surface area contributed by atoms with Gasteiger partial charge in [0.1, 0.15) is 0 Å². The molecule has 5 heteroatoms. The molecule has 1 aromatic carbocycles. The minimum Gasteiger partial charge on any atom is -0.368 e. The smallest absolute Gasteiger partial charge is 0.169 e. The van der Waals surface area contributed by atoms with Crippen LogP contribution >= 0.6 is 0 Å². The van der Waals surface area contributed by atoms with Crippen LogP contribution in [-0.4, -0.2) is 11.5 Å². The van der Waals surface area contributed by atoms with Crippen molar-refractivity contribution in [2.75, 3.05) is 17.2 Å². The molecule has 1 aromatic heterocycles. The highest BCUT2D eigenvalue weighted by atomic mass is 19.1. The van der Waals surface area contributed by atoms with Gasteiger partial charge in [-0.25, -0.2) is 13.8 Å². The lowest BCUT2D eigenvalue weighted by molar-refractivity contribution is 0.579. The topological polar surface area (TPSA) is 37.0 Å². The van der Waals surface area contributed by atoms with Crippen LogP contribution in [0.15, 0.2) is 36.4 Å². The van der Waals surface area contributed by atoms with Crippen LogP contribution in [0.2, 0.25) is 0 Å². The zero-order valence-corrected chi connectivity index (χ0v) is 9.87. The molecule has 0 aliphatic carbocycles. The summed E-state index contributed by atoms with van der Waals surface area (Å²) in [4.78, 5) is 3.88. The zero-order chi connectivity index (χ0) is 13.0. The number of halogens is 2. The molecule has 0 saturated carbocycles. The Morgan fingerprint density at radius 2 is 1.72 bits per heavy atom. The van der Waals surface area contributed by atoms with Gasteiger partial charge < -0.3 is 10.6 Å². The molecular weight excluding hydrogens is 236 g/mol. The van der Waals surface area contributed by atoms with Crippen LogP contribution < -0.4 is 10.6 Å². The molecule has 0 saturated heterocycles. The molecule has 94 valence electrons. The van der Waals surface area contributed by atoms with Crippen molar-refractivity contribution in [1.82, 2.24) is 4.98 Å². The van der Waals surface area contributed by atoms with E-state index in [2.05, 4.69) is 15.6 Å². The minimum absolute atomic E-state index is 0.00134. The van der Waals surface area contributed by atoms with Crippen molar-refractivity contribution in [2.45, 2.75) is 6.92 Å². The van der Waals surface area contributed by atoms with Gasteiger partial charge in [0, 0.05) is 18.3 Å². The molecule has 2 N–H and O–H groups in total. The van der Waals surface area contributed by atoms with E-state index in [1.165, 1.54) is 0 Å². The first-order valence-corrected chi connectivity index (χ1v) is 5.62. The van der Waals surface area contributed by atoms with Crippen molar-refractivity contribution in [2.24, 2.45) is 0 Å². The fourth-order valence-electron chi connectivity index (χ4n) is 1.50. The summed E-state index contributed by atoms with van der Waals surface area (Å²) in [6, 6.07) is 9.85. The summed E-state index contributed by atoms with van der Waals surface area (Å²) < 4.78 is 26.9. The van der Waals surface area contributed by atoms with Crippen LogP contribution in [0, 0.1) is 11.6 Å². The van der Waals surface area contributed by atoms with Crippen LogP contribution in [0.5, 0.6) is 0 Å². The van der Waals surface area contributed by atoms with E-state index in [0.29, 0.717) is 12.2 Å². The molecule has 0 bridgehead atoms. The number of hydrogen-bond acceptors (Lipinski definition) is 3. The standard InChI is InChI=1S/C13H13F2N3/c1-2-16-12-10(14)8-11(15)13(18-12)17-9-6-4-3-5-7-9/h3-8H,2H2,1H3,(H2,16,17,18). The van der Waals surface area contributed by atoms with Gasteiger partial charge in [-0.05, 0) is 19.1 Å². The Morgan fingerprint density at radius 3 is 2.39 bits per heavy atom. The van der Waals surface area contributed by atoms with E-state index >= 15 is 0 Å². The number of hydrogen-bond donors (Lipinski definition) is 2. The largest absolute Gasteiger partial charge is 0.368 e. The van der Waals surface area contributed by atoms with E-state index in [1.54, 1.807) is 12.1 Å². The molecule has 0 amide bonds. The van der Waals surface area contributed by atoms with Gasteiger partial charge in [0.15, 0.2) is 23.3 Å². The van der Waals surface area contributed by atoms with Crippen molar-refractivity contribution in [3.8, 4) is 0 Å². The first kappa shape index (κ1) is 12.3. The lowest BCUT2D eigenvalue weighted by atomic mass is 10.3. The highest BCUT2D eigenvalue weighted by Crippen LogP contribution is 2.22. The second kappa shape index (κ2) is 5.44. The Morgan fingerprint density at radius 1 is 1.06 bits per heavy atom. The fraction of sp³-hybridized carbons (Fsp3) is 0.154. The lowest BCUT2D eigenvalue weighted by Crippen LogP contribution is -2.06. The number of aromatic nitrogens is 1. The number of nitrogens with zero attached hydrogens (tertiary/aromatic N) is 1. The Labute approximate surface area is 104 Å². The Hall–Kier alpha value is -2.17. The van der Waals surface area contributed by atoms with Gasteiger partial charge in [0.25, 0.3) is 0 Å². The molecule has 3 nitrogen and oxygen atoms in total. The zero-order valence-electron chi connectivity index (χ0n) is 9.87. The lowest BCUT2D eigenvalue weighted by Gasteiger charge is -2.10. The van der Waals surface area contributed by atoms with E-state index in [1.807, 2.05) is 25.1 Å². The van der Waals surface area contributed by atoms with E-state index in [4.69, 9.17) is 0 Å². The summed E-state index contributed by atoms with van der Waals surface area (Å²) in [5, 5.41) is 5.54. The van der Waals surface area contributed by atoms with Crippen LogP contribution in [0.1, 0.15) is 6.92 Å². The van der Waals surface area contributed by atoms with Gasteiger partial charge in [-0.2, -0.15) is 0 Å². The third-order valence-corrected chi connectivity index (χ3v) is 2.31. The average Bonchev–Trinajstić information content (AvgIpc) is 2.37. The summed E-state index contributed by atoms with van der Waals surface area (Å²) in [5.74, 6) is -1.39. The Balaban J connectivity index is 2.30. The van der Waals surface area contributed by atoms with Gasteiger partial charge in [-0.15, -0.1) is 0 Å². The molecule has 18 heavy (non-hydrogen) atoms. The summed E-state index contributed by atoms with van der Waals surface area (Å²) >= 11 is 0. The highest BCUT2D eigenvalue weighted by Gasteiger charge is 2.11. The van der Waals surface area contributed by atoms with Crippen LogP contribution in [-0.2, 0) is 0 Å². The number of para-hydroxylation sites is 1. The van der Waals surface area contributed by atoms with Crippen LogP contribution in [0.4, 0.5) is 26.1 Å². The maximum Gasteiger partial charge on any atom is 0.169 e. The van der Waals surface area contributed by atoms with Crippen LogP contribution in [0.3, 0.4) is 0 Å². The van der Waals surface area contributed by atoms with Crippen molar-refractivity contribution in [1.29, 1.82) is 0 Å². The predicted octanol–water partition coefficient (Wildman–Crippen LogP) is 3.54. The predicted molar refractivity (Wildman–Crippen MR) is 68.0 cm³/mol. The van der Waals surface area contributed by atoms with Gasteiger partial charge >= 0.3 is 0 Å². The maximum atomic E-state index is 13.6. The molecule has 0 aliphatic rings. The van der Waals surface area contributed by atoms with E-state index in [0.717, 1.165) is 6.07 Å². The van der Waals surface area contributed by atoms with Crippen molar-refractivity contribution >= 4 is 17.3 Å². The molecule has 2 rings (SSSR count). The van der Waals surface area contributed by atoms with Crippen molar-refractivity contribution in [3.05, 3.63) is 48.0 Å². The van der Waals surface area contributed by atoms with Crippen molar-refractivity contribution < 1.29 is 8.78 Å². The molecule has 0 aliphatic heterocycles. The summed E-state index contributed by atoms with van der Waals surface area (Å²) in [5.41, 5.74) is 0.693. The van der Waals surface area contributed by atoms with E-state index in [9.17, 15) is 8.78 Å². The van der Waals surface area contributed by atoms with E-state index in [-0.39, 0.29) is 11.6 Å². The summed E-state index contributed by atoms with van der Waals surface area (Å²) in [6.07, 6.45) is 0. The number of rotatable bonds is 4. The third-order valence-electron chi connectivity index (χ3n) is 2.31. The SMILES string of the molecule is CCNc1nc(Nc2ccccc2)c(F)cc1F. The van der Waals surface area contributed by atoms with Gasteiger partial charge in [0.05, 0.1) is 0 Å². The Bertz CT molecular complexity index is 529. The first-order chi connectivity index (χ1) is 8.70. The molecule has 2 aromatic rings. The first-order valence-electron chi connectivity index (χ1n) is 5.62. The number of pyridine rings is 1. The number of nitrogens with one attached hydrogen (secondary N) is 2. The van der Waals surface area contributed by atoms with Crippen LogP contribution in [0.25, 0.3) is 0 Å². The molecule has 0 atom stereocenters. The van der Waals surface area contributed by atoms with Gasteiger partial charge in [-0.1, -0.05) is 18.2 Å². The monoisotopic (exact) mass is 249 g/mol. The molecule has 0 spiro atoms. The molecule has 0 unspecified atom stereocenters. The highest BCUT2D eigenvalue weighted by molar-refractivity contribution is 5.58. The van der Waals surface area contributed by atoms with Gasteiger partial charge in [-0.3, -0.25) is 0 Å².